The third kappa shape index (κ3) is 4.65. The van der Waals surface area contributed by atoms with E-state index < -0.39 is 6.04 Å². The molecule has 0 aliphatic carbocycles. The number of hydrogen-bond acceptors (Lipinski definition) is 4. The molecule has 0 saturated heterocycles. The summed E-state index contributed by atoms with van der Waals surface area (Å²) in [4.78, 5) is 19.2. The Kier molecular flexibility index (Phi) is 6.05. The maximum atomic E-state index is 13.4. The molecule has 4 aromatic rings. The van der Waals surface area contributed by atoms with Crippen LogP contribution in [0.5, 0.6) is 0 Å². The topological polar surface area (TPSA) is 71.3 Å². The van der Waals surface area contributed by atoms with Gasteiger partial charge in [0.15, 0.2) is 0 Å². The Morgan fingerprint density at radius 3 is 2.26 bits per heavy atom. The van der Waals surface area contributed by atoms with Crippen molar-refractivity contribution in [1.82, 2.24) is 20.4 Å². The number of urea groups is 1. The SMILES string of the molecule is CC1=C(c2nc(-c3ccc(F)cc3)no2)C(c2ccc(Cl)cc2)NC(=O)N1Cc1ccc(F)cc1. The summed E-state index contributed by atoms with van der Waals surface area (Å²) in [6, 6.07) is 17.9. The summed E-state index contributed by atoms with van der Waals surface area (Å²) in [5, 5.41) is 7.64. The van der Waals surface area contributed by atoms with Crippen LogP contribution in [0.3, 0.4) is 0 Å². The Balaban J connectivity index is 1.58. The van der Waals surface area contributed by atoms with Crippen molar-refractivity contribution in [3.05, 3.63) is 112 Å². The molecule has 5 rings (SSSR count). The molecule has 35 heavy (non-hydrogen) atoms. The molecule has 1 aliphatic rings. The Labute approximate surface area is 204 Å². The zero-order valence-electron chi connectivity index (χ0n) is 18.5. The fourth-order valence-electron chi connectivity index (χ4n) is 3.98. The maximum absolute atomic E-state index is 13.4. The molecule has 0 bridgehead atoms. The zero-order chi connectivity index (χ0) is 24.5. The van der Waals surface area contributed by atoms with Crippen molar-refractivity contribution >= 4 is 23.2 Å². The van der Waals surface area contributed by atoms with Crippen molar-refractivity contribution in [2.75, 3.05) is 0 Å². The van der Waals surface area contributed by atoms with Crippen molar-refractivity contribution in [3.63, 3.8) is 0 Å². The predicted octanol–water partition coefficient (Wildman–Crippen LogP) is 6.37. The van der Waals surface area contributed by atoms with E-state index in [0.29, 0.717) is 21.9 Å². The molecule has 176 valence electrons. The standard InChI is InChI=1S/C26H19ClF2N4O2/c1-15-22(25-31-24(32-35-25)18-6-12-21(29)13-7-18)23(17-4-8-19(27)9-5-17)30-26(34)33(15)14-16-2-10-20(28)11-3-16/h2-13,23H,14H2,1H3,(H,30,34). The first-order valence-electron chi connectivity index (χ1n) is 10.8. The van der Waals surface area contributed by atoms with Gasteiger partial charge in [-0.2, -0.15) is 4.98 Å². The van der Waals surface area contributed by atoms with Crippen LogP contribution >= 0.6 is 11.6 Å². The molecule has 6 nitrogen and oxygen atoms in total. The van der Waals surface area contributed by atoms with E-state index in [2.05, 4.69) is 15.5 Å². The number of nitrogens with one attached hydrogen (secondary N) is 1. The number of nitrogens with zero attached hydrogens (tertiary/aromatic N) is 3. The summed E-state index contributed by atoms with van der Waals surface area (Å²) in [6.07, 6.45) is 0. The van der Waals surface area contributed by atoms with E-state index in [0.717, 1.165) is 11.1 Å². The first-order valence-corrected chi connectivity index (χ1v) is 11.2. The summed E-state index contributed by atoms with van der Waals surface area (Å²) in [5.41, 5.74) is 3.33. The lowest BCUT2D eigenvalue weighted by Crippen LogP contribution is -2.45. The number of benzene rings is 3. The summed E-state index contributed by atoms with van der Waals surface area (Å²) < 4.78 is 32.3. The molecule has 2 heterocycles. The molecule has 0 spiro atoms. The number of carbonyl (C=O) groups excluding carboxylic acids is 1. The monoisotopic (exact) mass is 492 g/mol. The van der Waals surface area contributed by atoms with Crippen molar-refractivity contribution < 1.29 is 18.1 Å². The number of amides is 2. The number of hydrogen-bond donors (Lipinski definition) is 1. The fourth-order valence-corrected chi connectivity index (χ4v) is 4.10. The largest absolute Gasteiger partial charge is 0.334 e. The highest BCUT2D eigenvalue weighted by atomic mass is 35.5. The zero-order valence-corrected chi connectivity index (χ0v) is 19.3. The van der Waals surface area contributed by atoms with Crippen LogP contribution in [0.2, 0.25) is 5.02 Å². The Hall–Kier alpha value is -4.04. The first kappa shape index (κ1) is 22.7. The molecule has 1 atom stereocenters. The Morgan fingerprint density at radius 1 is 0.971 bits per heavy atom. The van der Waals surface area contributed by atoms with E-state index in [9.17, 15) is 13.6 Å². The molecular weight excluding hydrogens is 474 g/mol. The Morgan fingerprint density at radius 2 is 1.60 bits per heavy atom. The third-order valence-corrected chi connectivity index (χ3v) is 6.06. The summed E-state index contributed by atoms with van der Waals surface area (Å²) in [5.74, 6) is -0.222. The normalized spacial score (nSPS) is 15.9. The van der Waals surface area contributed by atoms with E-state index >= 15 is 0 Å². The van der Waals surface area contributed by atoms with Gasteiger partial charge < -0.3 is 9.84 Å². The number of rotatable bonds is 5. The van der Waals surface area contributed by atoms with Gasteiger partial charge in [-0.3, -0.25) is 4.90 Å². The van der Waals surface area contributed by atoms with Gasteiger partial charge in [0.05, 0.1) is 18.2 Å². The van der Waals surface area contributed by atoms with Crippen LogP contribution < -0.4 is 5.32 Å². The minimum Gasteiger partial charge on any atom is -0.334 e. The van der Waals surface area contributed by atoms with E-state index in [1.165, 1.54) is 29.2 Å². The summed E-state index contributed by atoms with van der Waals surface area (Å²) in [7, 11) is 0. The minimum atomic E-state index is -0.578. The molecule has 0 saturated carbocycles. The van der Waals surface area contributed by atoms with Crippen molar-refractivity contribution in [3.8, 4) is 11.4 Å². The lowest BCUT2D eigenvalue weighted by atomic mass is 9.94. The minimum absolute atomic E-state index is 0.214. The highest BCUT2D eigenvalue weighted by Gasteiger charge is 2.35. The van der Waals surface area contributed by atoms with E-state index in [1.807, 2.05) is 12.1 Å². The van der Waals surface area contributed by atoms with Gasteiger partial charge in [-0.1, -0.05) is 41.0 Å². The number of halogens is 3. The smallest absolute Gasteiger partial charge is 0.322 e. The first-order chi connectivity index (χ1) is 16.9. The van der Waals surface area contributed by atoms with Crippen LogP contribution in [0.1, 0.15) is 30.0 Å². The molecule has 1 aliphatic heterocycles. The van der Waals surface area contributed by atoms with Crippen LogP contribution in [-0.4, -0.2) is 21.1 Å². The van der Waals surface area contributed by atoms with Crippen LogP contribution in [-0.2, 0) is 6.54 Å². The number of carbonyl (C=O) groups is 1. The molecule has 0 fully saturated rings. The van der Waals surface area contributed by atoms with Crippen molar-refractivity contribution in [2.45, 2.75) is 19.5 Å². The number of allylic oxidation sites excluding steroid dienone is 1. The van der Waals surface area contributed by atoms with Crippen LogP contribution in [0.15, 0.2) is 83.0 Å². The second kappa shape index (κ2) is 9.31. The molecule has 1 unspecified atom stereocenters. The van der Waals surface area contributed by atoms with Crippen LogP contribution in [0, 0.1) is 11.6 Å². The second-order valence-corrected chi connectivity index (χ2v) is 8.51. The molecule has 0 radical (unpaired) electrons. The molecule has 9 heteroatoms. The molecular formula is C26H19ClF2N4O2. The van der Waals surface area contributed by atoms with E-state index in [4.69, 9.17) is 16.1 Å². The number of aromatic nitrogens is 2. The molecule has 1 aromatic heterocycles. The van der Waals surface area contributed by atoms with Gasteiger partial charge in [0.1, 0.15) is 11.6 Å². The van der Waals surface area contributed by atoms with E-state index in [1.54, 1.807) is 43.3 Å². The van der Waals surface area contributed by atoms with Gasteiger partial charge in [-0.05, 0) is 66.6 Å². The average Bonchev–Trinajstić information content (AvgIpc) is 3.33. The average molecular weight is 493 g/mol. The van der Waals surface area contributed by atoms with Gasteiger partial charge >= 0.3 is 6.03 Å². The lowest BCUT2D eigenvalue weighted by molar-refractivity contribution is 0.203. The van der Waals surface area contributed by atoms with Crippen molar-refractivity contribution in [1.29, 1.82) is 0 Å². The lowest BCUT2D eigenvalue weighted by Gasteiger charge is -2.35. The molecule has 2 amide bonds. The van der Waals surface area contributed by atoms with Gasteiger partial charge in [-0.15, -0.1) is 0 Å². The highest BCUT2D eigenvalue weighted by Crippen LogP contribution is 2.38. The van der Waals surface area contributed by atoms with E-state index in [-0.39, 0.29) is 35.9 Å². The van der Waals surface area contributed by atoms with Gasteiger partial charge in [0.2, 0.25) is 5.82 Å². The second-order valence-electron chi connectivity index (χ2n) is 8.08. The van der Waals surface area contributed by atoms with Gasteiger partial charge in [0, 0.05) is 16.3 Å². The van der Waals surface area contributed by atoms with Crippen LogP contribution in [0.25, 0.3) is 17.0 Å². The maximum Gasteiger partial charge on any atom is 0.322 e. The highest BCUT2D eigenvalue weighted by molar-refractivity contribution is 6.30. The van der Waals surface area contributed by atoms with Crippen LogP contribution in [0.4, 0.5) is 13.6 Å². The van der Waals surface area contributed by atoms with Gasteiger partial charge in [-0.25, -0.2) is 13.6 Å². The predicted molar refractivity (Wildman–Crippen MR) is 127 cm³/mol. The summed E-state index contributed by atoms with van der Waals surface area (Å²) >= 11 is 6.07. The third-order valence-electron chi connectivity index (χ3n) is 5.81. The molecule has 1 N–H and O–H groups in total. The molecule has 3 aromatic carbocycles. The van der Waals surface area contributed by atoms with Crippen molar-refractivity contribution in [2.24, 2.45) is 0 Å². The quantitative estimate of drug-likeness (QED) is 0.351. The van der Waals surface area contributed by atoms with Gasteiger partial charge in [0.25, 0.3) is 5.89 Å². The Bertz CT molecular complexity index is 1400. The fraction of sp³-hybridized carbons (Fsp3) is 0.115. The summed E-state index contributed by atoms with van der Waals surface area (Å²) in [6.45, 7) is 2.01.